The number of rotatable bonds is 6. The number of morpholine rings is 1. The molecule has 1 unspecified atom stereocenters. The molecule has 1 N–H and O–H groups in total. The molecule has 2 rings (SSSR count). The fourth-order valence-electron chi connectivity index (χ4n) is 2.45. The third-order valence-electron chi connectivity index (χ3n) is 3.63. The van der Waals surface area contributed by atoms with Crippen LogP contribution in [0, 0.1) is 5.82 Å². The Hall–Kier alpha value is -1.37. The van der Waals surface area contributed by atoms with E-state index in [1.807, 2.05) is 11.9 Å². The van der Waals surface area contributed by atoms with Crippen molar-refractivity contribution >= 4 is 5.69 Å². The van der Waals surface area contributed by atoms with E-state index in [9.17, 15) is 9.50 Å². The van der Waals surface area contributed by atoms with E-state index in [1.165, 1.54) is 13.2 Å². The van der Waals surface area contributed by atoms with Crippen LogP contribution in [-0.2, 0) is 4.74 Å². The second kappa shape index (κ2) is 7.59. The van der Waals surface area contributed by atoms with Crippen LogP contribution in [0.25, 0.3) is 0 Å². The van der Waals surface area contributed by atoms with Crippen LogP contribution >= 0.6 is 0 Å². The Morgan fingerprint density at radius 1 is 1.43 bits per heavy atom. The summed E-state index contributed by atoms with van der Waals surface area (Å²) in [5.41, 5.74) is 0.717. The average Bonchev–Trinajstić information content (AvgIpc) is 2.48. The molecule has 21 heavy (non-hydrogen) atoms. The number of benzene rings is 1. The second-order valence-electron chi connectivity index (χ2n) is 5.27. The molecule has 1 heterocycles. The lowest BCUT2D eigenvalue weighted by atomic mass is 10.2. The standard InChI is InChI=1S/C15H23FN2O3/c1-17(12-3-4-15(20-2)14(16)9-12)10-13(19)11-18-5-7-21-8-6-18/h3-4,9,13,19H,5-8,10-11H2,1-2H3. The summed E-state index contributed by atoms with van der Waals surface area (Å²) in [7, 11) is 3.28. The minimum Gasteiger partial charge on any atom is -0.494 e. The Labute approximate surface area is 124 Å². The molecule has 1 atom stereocenters. The smallest absolute Gasteiger partial charge is 0.167 e. The zero-order valence-corrected chi connectivity index (χ0v) is 12.6. The maximum atomic E-state index is 13.7. The Morgan fingerprint density at radius 2 is 2.14 bits per heavy atom. The molecule has 0 amide bonds. The first-order valence-electron chi connectivity index (χ1n) is 7.13. The fourth-order valence-corrected chi connectivity index (χ4v) is 2.45. The van der Waals surface area contributed by atoms with Gasteiger partial charge >= 0.3 is 0 Å². The van der Waals surface area contributed by atoms with Crippen molar-refractivity contribution in [3.05, 3.63) is 24.0 Å². The lowest BCUT2D eigenvalue weighted by Crippen LogP contribution is -2.44. The van der Waals surface area contributed by atoms with Crippen LogP contribution in [0.1, 0.15) is 0 Å². The van der Waals surface area contributed by atoms with E-state index in [2.05, 4.69) is 4.90 Å². The van der Waals surface area contributed by atoms with Crippen molar-refractivity contribution in [3.8, 4) is 5.75 Å². The van der Waals surface area contributed by atoms with Crippen molar-refractivity contribution in [1.82, 2.24) is 4.90 Å². The van der Waals surface area contributed by atoms with Gasteiger partial charge in [0, 0.05) is 45.0 Å². The van der Waals surface area contributed by atoms with Gasteiger partial charge in [-0.25, -0.2) is 4.39 Å². The van der Waals surface area contributed by atoms with Gasteiger partial charge in [0.2, 0.25) is 0 Å². The first-order chi connectivity index (χ1) is 10.1. The molecule has 118 valence electrons. The predicted octanol–water partition coefficient (Wildman–Crippen LogP) is 0.964. The van der Waals surface area contributed by atoms with E-state index < -0.39 is 11.9 Å². The van der Waals surface area contributed by atoms with Crippen LogP contribution in [0.5, 0.6) is 5.75 Å². The van der Waals surface area contributed by atoms with E-state index in [0.29, 0.717) is 32.0 Å². The number of hydrogen-bond acceptors (Lipinski definition) is 5. The number of nitrogens with zero attached hydrogens (tertiary/aromatic N) is 2. The van der Waals surface area contributed by atoms with Crippen molar-refractivity contribution in [2.24, 2.45) is 0 Å². The summed E-state index contributed by atoms with van der Waals surface area (Å²) in [4.78, 5) is 4.02. The Kier molecular flexibility index (Phi) is 5.78. The molecule has 6 heteroatoms. The molecule has 1 aliphatic heterocycles. The number of aliphatic hydroxyl groups excluding tert-OH is 1. The highest BCUT2D eigenvalue weighted by Gasteiger charge is 2.17. The predicted molar refractivity (Wildman–Crippen MR) is 79.5 cm³/mol. The summed E-state index contributed by atoms with van der Waals surface area (Å²) in [5, 5.41) is 10.2. The summed E-state index contributed by atoms with van der Waals surface area (Å²) in [6, 6.07) is 4.79. The molecule has 0 aliphatic carbocycles. The average molecular weight is 298 g/mol. The summed E-state index contributed by atoms with van der Waals surface area (Å²) >= 11 is 0. The first-order valence-corrected chi connectivity index (χ1v) is 7.13. The van der Waals surface area contributed by atoms with Crippen LogP contribution < -0.4 is 9.64 Å². The van der Waals surface area contributed by atoms with E-state index in [0.717, 1.165) is 13.1 Å². The number of halogens is 1. The van der Waals surface area contributed by atoms with E-state index in [-0.39, 0.29) is 5.75 Å². The number of methoxy groups -OCH3 is 1. The van der Waals surface area contributed by atoms with Gasteiger partial charge < -0.3 is 19.5 Å². The van der Waals surface area contributed by atoms with Gasteiger partial charge in [-0.2, -0.15) is 0 Å². The molecule has 1 saturated heterocycles. The van der Waals surface area contributed by atoms with Gasteiger partial charge in [-0.3, -0.25) is 4.90 Å². The van der Waals surface area contributed by atoms with Gasteiger partial charge in [-0.1, -0.05) is 0 Å². The molecule has 5 nitrogen and oxygen atoms in total. The maximum Gasteiger partial charge on any atom is 0.167 e. The highest BCUT2D eigenvalue weighted by Crippen LogP contribution is 2.22. The quantitative estimate of drug-likeness (QED) is 0.848. The van der Waals surface area contributed by atoms with Crippen LogP contribution in [0.4, 0.5) is 10.1 Å². The Morgan fingerprint density at radius 3 is 2.76 bits per heavy atom. The normalized spacial score (nSPS) is 17.5. The summed E-state index contributed by atoms with van der Waals surface area (Å²) in [6.45, 7) is 4.17. The number of β-amino-alcohol motifs (C(OH)–C–C–N with tert-alkyl or cyclic N) is 1. The van der Waals surface area contributed by atoms with Gasteiger partial charge in [0.05, 0.1) is 26.4 Å². The van der Waals surface area contributed by atoms with Crippen molar-refractivity contribution in [2.45, 2.75) is 6.10 Å². The van der Waals surface area contributed by atoms with Crippen molar-refractivity contribution in [1.29, 1.82) is 0 Å². The number of ether oxygens (including phenoxy) is 2. The molecule has 1 aromatic rings. The number of likely N-dealkylation sites (N-methyl/N-ethyl adjacent to an activating group) is 1. The number of hydrogen-bond donors (Lipinski definition) is 1. The molecular formula is C15H23FN2O3. The summed E-state index contributed by atoms with van der Waals surface area (Å²) in [5.74, 6) is -0.175. The third kappa shape index (κ3) is 4.56. The zero-order valence-electron chi connectivity index (χ0n) is 12.6. The van der Waals surface area contributed by atoms with Gasteiger partial charge in [-0.15, -0.1) is 0 Å². The van der Waals surface area contributed by atoms with Gasteiger partial charge in [0.15, 0.2) is 11.6 Å². The zero-order chi connectivity index (χ0) is 15.2. The first kappa shape index (κ1) is 16.0. The fraction of sp³-hybridized carbons (Fsp3) is 0.600. The van der Waals surface area contributed by atoms with Gasteiger partial charge in [0.25, 0.3) is 0 Å². The number of aliphatic hydroxyl groups is 1. The van der Waals surface area contributed by atoms with Crippen LogP contribution in [0.2, 0.25) is 0 Å². The van der Waals surface area contributed by atoms with Crippen LogP contribution in [0.15, 0.2) is 18.2 Å². The highest BCUT2D eigenvalue weighted by molar-refractivity contribution is 5.49. The van der Waals surface area contributed by atoms with Crippen LogP contribution in [-0.4, -0.2) is 69.7 Å². The topological polar surface area (TPSA) is 45.2 Å². The Bertz CT molecular complexity index is 453. The molecule has 0 saturated carbocycles. The molecule has 0 aromatic heterocycles. The lowest BCUT2D eigenvalue weighted by Gasteiger charge is -2.30. The molecule has 0 spiro atoms. The molecule has 0 bridgehead atoms. The molecule has 1 fully saturated rings. The summed E-state index contributed by atoms with van der Waals surface area (Å²) in [6.07, 6.45) is -0.488. The second-order valence-corrected chi connectivity index (χ2v) is 5.27. The SMILES string of the molecule is COc1ccc(N(C)CC(O)CN2CCOCC2)cc1F. The number of anilines is 1. The monoisotopic (exact) mass is 298 g/mol. The van der Waals surface area contributed by atoms with E-state index in [4.69, 9.17) is 9.47 Å². The highest BCUT2D eigenvalue weighted by atomic mass is 19.1. The van der Waals surface area contributed by atoms with E-state index >= 15 is 0 Å². The van der Waals surface area contributed by atoms with E-state index in [1.54, 1.807) is 12.1 Å². The van der Waals surface area contributed by atoms with Gasteiger partial charge in [-0.05, 0) is 12.1 Å². The molecule has 1 aromatic carbocycles. The Balaban J connectivity index is 1.87. The molecule has 1 aliphatic rings. The van der Waals surface area contributed by atoms with Gasteiger partial charge in [0.1, 0.15) is 0 Å². The molecular weight excluding hydrogens is 275 g/mol. The minimum atomic E-state index is -0.488. The third-order valence-corrected chi connectivity index (χ3v) is 3.63. The van der Waals surface area contributed by atoms with Crippen LogP contribution in [0.3, 0.4) is 0 Å². The molecule has 0 radical (unpaired) electrons. The largest absolute Gasteiger partial charge is 0.494 e. The van der Waals surface area contributed by atoms with Crippen molar-refractivity contribution in [2.75, 3.05) is 58.5 Å². The maximum absolute atomic E-state index is 13.7. The lowest BCUT2D eigenvalue weighted by molar-refractivity contribution is 0.0162. The summed E-state index contributed by atoms with van der Waals surface area (Å²) < 4.78 is 23.9. The van der Waals surface area contributed by atoms with Crippen molar-refractivity contribution < 1.29 is 19.0 Å². The van der Waals surface area contributed by atoms with Crippen molar-refractivity contribution in [3.63, 3.8) is 0 Å². The minimum absolute atomic E-state index is 0.223.